The standard InChI is InChI=1S/C16H16N2O4/c1-3-13(17-9-11(1)15-19-5-6-20-15)14-4-2-12(10-18-14)16-21-7-8-22-16/h1-4,9-10,15-16H,5-8H2. The number of hydrogen-bond acceptors (Lipinski definition) is 6. The van der Waals surface area contributed by atoms with Crippen molar-refractivity contribution >= 4 is 0 Å². The zero-order valence-corrected chi connectivity index (χ0v) is 12.0. The molecular formula is C16H16N2O4. The molecule has 0 aliphatic carbocycles. The fourth-order valence-corrected chi connectivity index (χ4v) is 2.49. The summed E-state index contributed by atoms with van der Waals surface area (Å²) in [6, 6.07) is 7.75. The largest absolute Gasteiger partial charge is 0.346 e. The molecule has 0 unspecified atom stereocenters. The van der Waals surface area contributed by atoms with Crippen molar-refractivity contribution in [3.63, 3.8) is 0 Å². The highest BCUT2D eigenvalue weighted by molar-refractivity contribution is 5.54. The molecule has 22 heavy (non-hydrogen) atoms. The van der Waals surface area contributed by atoms with Crippen molar-refractivity contribution in [2.45, 2.75) is 12.6 Å². The van der Waals surface area contributed by atoms with Crippen LogP contribution in [0.5, 0.6) is 0 Å². The first kappa shape index (κ1) is 13.8. The minimum atomic E-state index is -0.298. The van der Waals surface area contributed by atoms with Crippen LogP contribution in [0.2, 0.25) is 0 Å². The van der Waals surface area contributed by atoms with Gasteiger partial charge in [0, 0.05) is 23.5 Å². The topological polar surface area (TPSA) is 62.7 Å². The van der Waals surface area contributed by atoms with Crippen LogP contribution in [0, 0.1) is 0 Å². The molecule has 2 aliphatic rings. The lowest BCUT2D eigenvalue weighted by atomic mass is 10.2. The molecule has 4 heterocycles. The molecule has 0 aromatic carbocycles. The summed E-state index contributed by atoms with van der Waals surface area (Å²) in [4.78, 5) is 8.87. The first-order valence-electron chi connectivity index (χ1n) is 7.29. The second-order valence-corrected chi connectivity index (χ2v) is 5.10. The highest BCUT2D eigenvalue weighted by atomic mass is 16.7. The molecule has 6 heteroatoms. The van der Waals surface area contributed by atoms with Gasteiger partial charge in [-0.15, -0.1) is 0 Å². The zero-order chi connectivity index (χ0) is 14.8. The van der Waals surface area contributed by atoms with Crippen LogP contribution < -0.4 is 0 Å². The van der Waals surface area contributed by atoms with Crippen molar-refractivity contribution < 1.29 is 18.9 Å². The Hall–Kier alpha value is -1.86. The molecule has 2 aliphatic heterocycles. The summed E-state index contributed by atoms with van der Waals surface area (Å²) >= 11 is 0. The number of ether oxygens (including phenoxy) is 4. The first-order valence-corrected chi connectivity index (χ1v) is 7.29. The fraction of sp³-hybridized carbons (Fsp3) is 0.375. The summed E-state index contributed by atoms with van der Waals surface area (Å²) in [6.07, 6.45) is 2.94. The van der Waals surface area contributed by atoms with E-state index in [-0.39, 0.29) is 12.6 Å². The van der Waals surface area contributed by atoms with Crippen molar-refractivity contribution in [2.24, 2.45) is 0 Å². The van der Waals surface area contributed by atoms with Crippen LogP contribution in [0.3, 0.4) is 0 Å². The maximum absolute atomic E-state index is 5.45. The van der Waals surface area contributed by atoms with Crippen LogP contribution >= 0.6 is 0 Å². The third kappa shape index (κ3) is 2.74. The van der Waals surface area contributed by atoms with Gasteiger partial charge < -0.3 is 18.9 Å². The molecule has 2 saturated heterocycles. The molecule has 0 saturated carbocycles. The number of aromatic nitrogens is 2. The van der Waals surface area contributed by atoms with Crippen molar-refractivity contribution in [1.29, 1.82) is 0 Å². The van der Waals surface area contributed by atoms with E-state index in [4.69, 9.17) is 18.9 Å². The summed E-state index contributed by atoms with van der Waals surface area (Å²) in [7, 11) is 0. The Morgan fingerprint density at radius 3 is 1.36 bits per heavy atom. The summed E-state index contributed by atoms with van der Waals surface area (Å²) in [5.74, 6) is 0. The molecule has 0 radical (unpaired) electrons. The summed E-state index contributed by atoms with van der Waals surface area (Å²) in [6.45, 7) is 2.50. The van der Waals surface area contributed by atoms with Crippen molar-refractivity contribution in [3.05, 3.63) is 47.8 Å². The Morgan fingerprint density at radius 2 is 1.05 bits per heavy atom. The van der Waals surface area contributed by atoms with Gasteiger partial charge in [-0.1, -0.05) is 12.1 Å². The highest BCUT2D eigenvalue weighted by Crippen LogP contribution is 2.26. The van der Waals surface area contributed by atoms with Gasteiger partial charge in [-0.3, -0.25) is 9.97 Å². The number of pyridine rings is 2. The Labute approximate surface area is 128 Å². The molecule has 114 valence electrons. The molecule has 0 bridgehead atoms. The molecule has 2 aromatic rings. The van der Waals surface area contributed by atoms with E-state index in [1.54, 1.807) is 12.4 Å². The molecule has 0 amide bonds. The van der Waals surface area contributed by atoms with Crippen LogP contribution in [0.25, 0.3) is 11.4 Å². The Morgan fingerprint density at radius 1 is 0.636 bits per heavy atom. The van der Waals surface area contributed by atoms with Crippen molar-refractivity contribution in [2.75, 3.05) is 26.4 Å². The molecule has 2 fully saturated rings. The maximum atomic E-state index is 5.45. The summed E-state index contributed by atoms with van der Waals surface area (Å²) in [5.41, 5.74) is 3.46. The minimum Gasteiger partial charge on any atom is -0.346 e. The molecule has 2 aromatic heterocycles. The lowest BCUT2D eigenvalue weighted by Crippen LogP contribution is -2.00. The van der Waals surface area contributed by atoms with Gasteiger partial charge in [-0.05, 0) is 12.1 Å². The number of nitrogens with zero attached hydrogens (tertiary/aromatic N) is 2. The predicted octanol–water partition coefficient (Wildman–Crippen LogP) is 2.23. The van der Waals surface area contributed by atoms with Crippen molar-refractivity contribution in [1.82, 2.24) is 9.97 Å². The highest BCUT2D eigenvalue weighted by Gasteiger charge is 2.20. The van der Waals surface area contributed by atoms with Gasteiger partial charge in [0.25, 0.3) is 0 Å². The first-order chi connectivity index (χ1) is 10.9. The molecule has 6 nitrogen and oxygen atoms in total. The van der Waals surface area contributed by atoms with Gasteiger partial charge in [0.05, 0.1) is 37.8 Å². The number of rotatable bonds is 3. The van der Waals surface area contributed by atoms with Gasteiger partial charge in [0.2, 0.25) is 0 Å². The van der Waals surface area contributed by atoms with Crippen LogP contribution in [0.15, 0.2) is 36.7 Å². The monoisotopic (exact) mass is 300 g/mol. The second-order valence-electron chi connectivity index (χ2n) is 5.10. The van der Waals surface area contributed by atoms with Gasteiger partial charge in [0.15, 0.2) is 12.6 Å². The van der Waals surface area contributed by atoms with E-state index in [9.17, 15) is 0 Å². The Kier molecular flexibility index (Phi) is 3.82. The van der Waals surface area contributed by atoms with Gasteiger partial charge >= 0.3 is 0 Å². The molecular weight excluding hydrogens is 284 g/mol. The lowest BCUT2D eigenvalue weighted by molar-refractivity contribution is -0.0445. The van der Waals surface area contributed by atoms with Crippen LogP contribution in [-0.2, 0) is 18.9 Å². The lowest BCUT2D eigenvalue weighted by Gasteiger charge is -2.10. The van der Waals surface area contributed by atoms with E-state index < -0.39 is 0 Å². The molecule has 0 N–H and O–H groups in total. The van der Waals surface area contributed by atoms with Gasteiger partial charge in [-0.2, -0.15) is 0 Å². The third-order valence-corrected chi connectivity index (χ3v) is 3.62. The van der Waals surface area contributed by atoms with Gasteiger partial charge in [0.1, 0.15) is 0 Å². The van der Waals surface area contributed by atoms with Crippen LogP contribution in [0.4, 0.5) is 0 Å². The second kappa shape index (κ2) is 6.10. The SMILES string of the molecule is c1cc(-c2ccc(C3OCCO3)cn2)ncc1C1OCCO1. The maximum Gasteiger partial charge on any atom is 0.185 e. The van der Waals surface area contributed by atoms with Gasteiger partial charge in [-0.25, -0.2) is 0 Å². The predicted molar refractivity (Wildman–Crippen MR) is 76.8 cm³/mol. The third-order valence-electron chi connectivity index (χ3n) is 3.62. The smallest absolute Gasteiger partial charge is 0.185 e. The summed E-state index contributed by atoms with van der Waals surface area (Å²) in [5, 5.41) is 0. The quantitative estimate of drug-likeness (QED) is 0.866. The van der Waals surface area contributed by atoms with Crippen molar-refractivity contribution in [3.8, 4) is 11.4 Å². The average Bonchev–Trinajstić information content (AvgIpc) is 3.29. The Balaban J connectivity index is 1.51. The van der Waals surface area contributed by atoms with E-state index in [1.165, 1.54) is 0 Å². The minimum absolute atomic E-state index is 0.298. The number of hydrogen-bond donors (Lipinski definition) is 0. The van der Waals surface area contributed by atoms with E-state index in [0.717, 1.165) is 22.5 Å². The average molecular weight is 300 g/mol. The molecule has 0 atom stereocenters. The normalized spacial score (nSPS) is 19.8. The Bertz CT molecular complexity index is 560. The zero-order valence-electron chi connectivity index (χ0n) is 12.0. The van der Waals surface area contributed by atoms with E-state index >= 15 is 0 Å². The van der Waals surface area contributed by atoms with Crippen LogP contribution in [0.1, 0.15) is 23.7 Å². The molecule has 0 spiro atoms. The van der Waals surface area contributed by atoms with E-state index in [2.05, 4.69) is 9.97 Å². The fourth-order valence-electron chi connectivity index (χ4n) is 2.49. The van der Waals surface area contributed by atoms with Crippen LogP contribution in [-0.4, -0.2) is 36.4 Å². The summed E-state index contributed by atoms with van der Waals surface area (Å²) < 4.78 is 21.8. The molecule has 4 rings (SSSR count). The van der Waals surface area contributed by atoms with E-state index in [0.29, 0.717) is 26.4 Å². The van der Waals surface area contributed by atoms with E-state index in [1.807, 2.05) is 24.3 Å².